The van der Waals surface area contributed by atoms with Crippen molar-refractivity contribution in [3.8, 4) is 0 Å². The van der Waals surface area contributed by atoms with Crippen LogP contribution < -0.4 is 10.6 Å². The molecule has 3 N–H and O–H groups in total. The highest BCUT2D eigenvalue weighted by Gasteiger charge is 2.38. The van der Waals surface area contributed by atoms with Crippen molar-refractivity contribution in [3.05, 3.63) is 82.9 Å². The maximum atomic E-state index is 13.8. The molecule has 2 amide bonds. The lowest BCUT2D eigenvalue weighted by atomic mass is 9.77. The summed E-state index contributed by atoms with van der Waals surface area (Å²) >= 11 is 0. The van der Waals surface area contributed by atoms with E-state index in [4.69, 9.17) is 0 Å². The molecule has 0 aliphatic rings. The molecule has 0 saturated heterocycles. The zero-order chi connectivity index (χ0) is 27.8. The molecule has 0 fully saturated rings. The zero-order valence-electron chi connectivity index (χ0n) is 23.0. The normalized spacial score (nSPS) is 14.7. The lowest BCUT2D eigenvalue weighted by molar-refractivity contribution is -0.137. The van der Waals surface area contributed by atoms with Gasteiger partial charge >= 0.3 is 5.97 Å². The van der Waals surface area contributed by atoms with Gasteiger partial charge in [-0.3, -0.25) is 9.59 Å². The molecule has 7 nitrogen and oxygen atoms in total. The van der Waals surface area contributed by atoms with Crippen LogP contribution in [0.1, 0.15) is 52.2 Å². The molecule has 0 bridgehead atoms. The first-order chi connectivity index (χ1) is 17.4. The molecule has 0 heterocycles. The van der Waals surface area contributed by atoms with Gasteiger partial charge in [0.2, 0.25) is 11.8 Å². The van der Waals surface area contributed by atoms with Crippen LogP contribution in [0, 0.1) is 0 Å². The van der Waals surface area contributed by atoms with Crippen LogP contribution in [-0.2, 0) is 26.2 Å². The molecule has 0 spiro atoms. The van der Waals surface area contributed by atoms with Gasteiger partial charge in [0.05, 0.1) is 12.1 Å². The zero-order valence-corrected chi connectivity index (χ0v) is 23.0. The van der Waals surface area contributed by atoms with Crippen molar-refractivity contribution in [2.45, 2.75) is 71.0 Å². The number of nitrogens with zero attached hydrogens (tertiary/aromatic N) is 1. The monoisotopic (exact) mass is 507 g/mol. The summed E-state index contributed by atoms with van der Waals surface area (Å²) in [7, 11) is 3.41. The number of carbonyl (C=O) groups excluding carboxylic acids is 2. The van der Waals surface area contributed by atoms with Crippen LogP contribution in [0.4, 0.5) is 0 Å². The topological polar surface area (TPSA) is 98.7 Å². The van der Waals surface area contributed by atoms with Crippen molar-refractivity contribution < 1.29 is 19.5 Å². The second-order valence-corrected chi connectivity index (χ2v) is 10.0. The molecule has 2 rings (SSSR count). The van der Waals surface area contributed by atoms with E-state index in [2.05, 4.69) is 10.6 Å². The molecule has 0 saturated carbocycles. The Balaban J connectivity index is 2.40. The lowest BCUT2D eigenvalue weighted by Crippen LogP contribution is -2.59. The van der Waals surface area contributed by atoms with Crippen molar-refractivity contribution in [2.24, 2.45) is 0 Å². The van der Waals surface area contributed by atoms with Crippen molar-refractivity contribution in [1.29, 1.82) is 0 Å². The first-order valence-corrected chi connectivity index (χ1v) is 12.7. The van der Waals surface area contributed by atoms with Gasteiger partial charge in [-0.05, 0) is 44.0 Å². The summed E-state index contributed by atoms with van der Waals surface area (Å²) < 4.78 is 0. The summed E-state index contributed by atoms with van der Waals surface area (Å²) in [6.45, 7) is 9.20. The standard InChI is InChI=1S/C30H41N3O4/c1-8-25(20(2)21(3)29(36)37)33(7)28(35)24(19-22-15-11-9-12-16-22)32-27(34)26(31-6)30(4,5)23-17-13-10-14-18-23/h9-18,24-26,31H,8,19H2,1-7H3,(H,32,34)(H,36,37)/t24-,25?,26+/m0/s1. The molecule has 7 heteroatoms. The first-order valence-electron chi connectivity index (χ1n) is 12.7. The Bertz CT molecular complexity index is 1100. The number of nitrogens with one attached hydrogen (secondary N) is 2. The number of benzene rings is 2. The summed E-state index contributed by atoms with van der Waals surface area (Å²) in [4.78, 5) is 40.6. The number of amides is 2. The Morgan fingerprint density at radius 3 is 2.00 bits per heavy atom. The summed E-state index contributed by atoms with van der Waals surface area (Å²) in [5.41, 5.74) is 2.21. The van der Waals surface area contributed by atoms with Gasteiger partial charge in [-0.15, -0.1) is 0 Å². The third-order valence-corrected chi connectivity index (χ3v) is 7.30. The number of carboxylic acid groups (broad SMARTS) is 1. The van der Waals surface area contributed by atoms with E-state index in [1.807, 2.05) is 81.4 Å². The van der Waals surface area contributed by atoms with Crippen molar-refractivity contribution in [2.75, 3.05) is 14.1 Å². The number of aliphatic carboxylic acids is 1. The van der Waals surface area contributed by atoms with Crippen molar-refractivity contribution >= 4 is 17.8 Å². The maximum Gasteiger partial charge on any atom is 0.331 e. The van der Waals surface area contributed by atoms with Gasteiger partial charge in [0, 0.05) is 24.5 Å². The third-order valence-electron chi connectivity index (χ3n) is 7.30. The van der Waals surface area contributed by atoms with Gasteiger partial charge in [-0.25, -0.2) is 4.79 Å². The molecule has 2 aromatic rings. The number of rotatable bonds is 12. The Labute approximate surface area is 221 Å². The minimum absolute atomic E-state index is 0.218. The summed E-state index contributed by atoms with van der Waals surface area (Å²) in [6, 6.07) is 17.5. The highest BCUT2D eigenvalue weighted by Crippen LogP contribution is 2.27. The van der Waals surface area contributed by atoms with E-state index in [0.717, 1.165) is 11.1 Å². The van der Waals surface area contributed by atoms with Crippen LogP contribution >= 0.6 is 0 Å². The second-order valence-electron chi connectivity index (χ2n) is 10.0. The molecule has 2 aromatic carbocycles. The van der Waals surface area contributed by atoms with Crippen LogP contribution in [0.25, 0.3) is 0 Å². The summed E-state index contributed by atoms with van der Waals surface area (Å²) in [5.74, 6) is -1.55. The van der Waals surface area contributed by atoms with Crippen LogP contribution in [-0.4, -0.2) is 60.0 Å². The Morgan fingerprint density at radius 2 is 1.51 bits per heavy atom. The Hall–Kier alpha value is -3.45. The fourth-order valence-electron chi connectivity index (χ4n) is 4.85. The average molecular weight is 508 g/mol. The van der Waals surface area contributed by atoms with E-state index in [1.54, 1.807) is 32.8 Å². The molecular formula is C30H41N3O4. The molecule has 0 aliphatic heterocycles. The fourth-order valence-corrected chi connectivity index (χ4v) is 4.85. The molecule has 200 valence electrons. The van der Waals surface area contributed by atoms with Crippen LogP contribution in [0.3, 0.4) is 0 Å². The second kappa shape index (κ2) is 13.2. The van der Waals surface area contributed by atoms with Crippen LogP contribution in [0.2, 0.25) is 0 Å². The van der Waals surface area contributed by atoms with Crippen molar-refractivity contribution in [1.82, 2.24) is 15.5 Å². The maximum absolute atomic E-state index is 13.8. The molecule has 0 aromatic heterocycles. The molecule has 3 atom stereocenters. The highest BCUT2D eigenvalue weighted by molar-refractivity contribution is 5.91. The third kappa shape index (κ3) is 7.29. The Kier molecular flexibility index (Phi) is 10.6. The largest absolute Gasteiger partial charge is 0.478 e. The van der Waals surface area contributed by atoms with Gasteiger partial charge in [-0.1, -0.05) is 81.4 Å². The van der Waals surface area contributed by atoms with E-state index < -0.39 is 29.5 Å². The van der Waals surface area contributed by atoms with E-state index in [0.29, 0.717) is 18.4 Å². The number of carboxylic acids is 1. The predicted molar refractivity (Wildman–Crippen MR) is 147 cm³/mol. The average Bonchev–Trinajstić information content (AvgIpc) is 2.88. The predicted octanol–water partition coefficient (Wildman–Crippen LogP) is 3.94. The van der Waals surface area contributed by atoms with Gasteiger partial charge in [0.15, 0.2) is 0 Å². The van der Waals surface area contributed by atoms with Crippen LogP contribution in [0.15, 0.2) is 71.8 Å². The number of likely N-dealkylation sites (N-methyl/N-ethyl adjacent to an activating group) is 2. The number of hydrogen-bond acceptors (Lipinski definition) is 4. The molecule has 37 heavy (non-hydrogen) atoms. The van der Waals surface area contributed by atoms with E-state index in [9.17, 15) is 19.5 Å². The Morgan fingerprint density at radius 1 is 0.973 bits per heavy atom. The van der Waals surface area contributed by atoms with Crippen LogP contribution in [0.5, 0.6) is 0 Å². The molecule has 0 radical (unpaired) electrons. The highest BCUT2D eigenvalue weighted by atomic mass is 16.4. The fraction of sp³-hybridized carbons (Fsp3) is 0.433. The quantitative estimate of drug-likeness (QED) is 0.378. The van der Waals surface area contributed by atoms with Gasteiger partial charge in [0.25, 0.3) is 0 Å². The molecule has 0 aliphatic carbocycles. The van der Waals surface area contributed by atoms with Gasteiger partial charge < -0.3 is 20.6 Å². The van der Waals surface area contributed by atoms with Crippen molar-refractivity contribution in [3.63, 3.8) is 0 Å². The SMILES string of the molecule is CCC(C(C)=C(C)C(=O)O)N(C)C(=O)[C@H](Cc1ccccc1)NC(=O)[C@@H](NC)C(C)(C)c1ccccc1. The van der Waals surface area contributed by atoms with E-state index >= 15 is 0 Å². The minimum atomic E-state index is -1.01. The van der Waals surface area contributed by atoms with Gasteiger partial charge in [0.1, 0.15) is 6.04 Å². The first kappa shape index (κ1) is 29.8. The minimum Gasteiger partial charge on any atom is -0.478 e. The number of carbonyl (C=O) groups is 3. The molecule has 1 unspecified atom stereocenters. The molecular weight excluding hydrogens is 466 g/mol. The van der Waals surface area contributed by atoms with Gasteiger partial charge in [-0.2, -0.15) is 0 Å². The number of hydrogen-bond donors (Lipinski definition) is 3. The van der Waals surface area contributed by atoms with E-state index in [-0.39, 0.29) is 17.4 Å². The van der Waals surface area contributed by atoms with E-state index in [1.165, 1.54) is 0 Å². The summed E-state index contributed by atoms with van der Waals surface area (Å²) in [5, 5.41) is 15.6. The summed E-state index contributed by atoms with van der Waals surface area (Å²) in [6.07, 6.45) is 0.861. The smallest absolute Gasteiger partial charge is 0.331 e. The lowest BCUT2D eigenvalue weighted by Gasteiger charge is -2.36.